The number of carbonyl (C=O) groups is 1. The lowest BCUT2D eigenvalue weighted by Crippen LogP contribution is -2.37. The number of hydrogen-bond donors (Lipinski definition) is 2. The zero-order chi connectivity index (χ0) is 17.2. The molecule has 1 aliphatic heterocycles. The Morgan fingerprint density at radius 3 is 3.04 bits per heavy atom. The summed E-state index contributed by atoms with van der Waals surface area (Å²) < 4.78 is 1.64. The number of hydrogen-bond acceptors (Lipinski definition) is 6. The molecule has 1 amide bonds. The third-order valence-corrected chi connectivity index (χ3v) is 4.36. The van der Waals surface area contributed by atoms with E-state index in [0.29, 0.717) is 18.1 Å². The highest BCUT2D eigenvalue weighted by Gasteiger charge is 2.21. The van der Waals surface area contributed by atoms with E-state index in [1.807, 2.05) is 25.4 Å². The van der Waals surface area contributed by atoms with Crippen molar-refractivity contribution < 1.29 is 4.79 Å². The van der Waals surface area contributed by atoms with Crippen LogP contribution in [-0.2, 0) is 11.8 Å². The van der Waals surface area contributed by atoms with Gasteiger partial charge in [-0.3, -0.25) is 9.48 Å². The highest BCUT2D eigenvalue weighted by atomic mass is 16.2. The maximum atomic E-state index is 12.4. The molecule has 0 aliphatic carbocycles. The molecule has 4 rings (SSSR count). The molecule has 0 aromatic carbocycles. The van der Waals surface area contributed by atoms with Gasteiger partial charge >= 0.3 is 0 Å². The lowest BCUT2D eigenvalue weighted by Gasteiger charge is -2.21. The fourth-order valence-electron chi connectivity index (χ4n) is 3.00. The summed E-state index contributed by atoms with van der Waals surface area (Å²) in [5.74, 6) is 0.515. The van der Waals surface area contributed by atoms with Crippen molar-refractivity contribution in [2.24, 2.45) is 13.0 Å². The number of anilines is 1. The average molecular weight is 337 g/mol. The predicted octanol–water partition coefficient (Wildman–Crippen LogP) is 1.36. The van der Waals surface area contributed by atoms with Crippen LogP contribution in [0, 0.1) is 5.92 Å². The van der Waals surface area contributed by atoms with Gasteiger partial charge in [0.15, 0.2) is 0 Å². The third kappa shape index (κ3) is 3.34. The van der Waals surface area contributed by atoms with Crippen molar-refractivity contribution in [1.29, 1.82) is 0 Å². The number of fused-ring (bicyclic) bond motifs is 1. The van der Waals surface area contributed by atoms with Gasteiger partial charge in [-0.25, -0.2) is 9.97 Å². The van der Waals surface area contributed by atoms with Crippen molar-refractivity contribution in [1.82, 2.24) is 30.3 Å². The molecular weight excluding hydrogens is 318 g/mol. The fourth-order valence-corrected chi connectivity index (χ4v) is 3.00. The highest BCUT2D eigenvalue weighted by Crippen LogP contribution is 2.21. The molecule has 25 heavy (non-hydrogen) atoms. The summed E-state index contributed by atoms with van der Waals surface area (Å²) in [6.07, 6.45) is 5.46. The summed E-state index contributed by atoms with van der Waals surface area (Å²) in [5.41, 5.74) is 2.20. The van der Waals surface area contributed by atoms with Gasteiger partial charge in [0.05, 0.1) is 23.3 Å². The second kappa shape index (κ2) is 6.56. The summed E-state index contributed by atoms with van der Waals surface area (Å²) in [6.45, 7) is 1.70. The van der Waals surface area contributed by atoms with Crippen LogP contribution < -0.4 is 10.6 Å². The number of piperidine rings is 1. The minimum Gasteiger partial charge on any atom is -0.316 e. The van der Waals surface area contributed by atoms with Crippen LogP contribution in [0.1, 0.15) is 12.8 Å². The molecule has 128 valence electrons. The van der Waals surface area contributed by atoms with Crippen molar-refractivity contribution in [3.8, 4) is 11.4 Å². The van der Waals surface area contributed by atoms with Crippen molar-refractivity contribution >= 4 is 22.6 Å². The van der Waals surface area contributed by atoms with Gasteiger partial charge in [0.25, 0.3) is 0 Å². The van der Waals surface area contributed by atoms with Gasteiger partial charge in [-0.1, -0.05) is 5.21 Å². The first kappa shape index (κ1) is 15.6. The predicted molar refractivity (Wildman–Crippen MR) is 93.8 cm³/mol. The van der Waals surface area contributed by atoms with Gasteiger partial charge in [-0.15, -0.1) is 5.10 Å². The van der Waals surface area contributed by atoms with Gasteiger partial charge in [0.1, 0.15) is 11.5 Å². The summed E-state index contributed by atoms with van der Waals surface area (Å²) in [5, 5.41) is 15.1. The van der Waals surface area contributed by atoms with Crippen molar-refractivity contribution in [2.75, 3.05) is 18.4 Å². The maximum Gasteiger partial charge on any atom is 0.229 e. The Morgan fingerprint density at radius 2 is 2.28 bits per heavy atom. The minimum atomic E-state index is -0.00914. The van der Waals surface area contributed by atoms with E-state index in [1.165, 1.54) is 0 Å². The van der Waals surface area contributed by atoms with E-state index in [9.17, 15) is 4.79 Å². The summed E-state index contributed by atoms with van der Waals surface area (Å²) in [4.78, 5) is 21.3. The SMILES string of the molecule is Cn1cc(-c2ccc3cnc(NC(=O)[C@@H]4CCCNC4)cc3n2)nn1. The van der Waals surface area contributed by atoms with Crippen LogP contribution in [-0.4, -0.2) is 44.0 Å². The molecule has 2 N–H and O–H groups in total. The first-order valence-electron chi connectivity index (χ1n) is 8.34. The Kier molecular flexibility index (Phi) is 4.10. The number of amides is 1. The first-order valence-corrected chi connectivity index (χ1v) is 8.34. The van der Waals surface area contributed by atoms with Crippen LogP contribution in [0.5, 0.6) is 0 Å². The molecule has 0 bridgehead atoms. The molecule has 3 aromatic rings. The molecule has 1 atom stereocenters. The summed E-state index contributed by atoms with van der Waals surface area (Å²) in [6, 6.07) is 5.62. The van der Waals surface area contributed by atoms with Crippen molar-refractivity contribution in [3.05, 3.63) is 30.6 Å². The third-order valence-electron chi connectivity index (χ3n) is 4.36. The Morgan fingerprint density at radius 1 is 1.36 bits per heavy atom. The average Bonchev–Trinajstić information content (AvgIpc) is 3.08. The molecule has 0 saturated carbocycles. The second-order valence-corrected chi connectivity index (χ2v) is 6.27. The van der Waals surface area contributed by atoms with E-state index in [1.54, 1.807) is 16.9 Å². The number of aryl methyl sites for hydroxylation is 1. The Bertz CT molecular complexity index is 914. The quantitative estimate of drug-likeness (QED) is 0.749. The second-order valence-electron chi connectivity index (χ2n) is 6.27. The topological polar surface area (TPSA) is 97.6 Å². The van der Waals surface area contributed by atoms with Crippen LogP contribution in [0.4, 0.5) is 5.82 Å². The van der Waals surface area contributed by atoms with Gasteiger partial charge in [-0.2, -0.15) is 0 Å². The van der Waals surface area contributed by atoms with E-state index < -0.39 is 0 Å². The van der Waals surface area contributed by atoms with Gasteiger partial charge in [0.2, 0.25) is 5.91 Å². The molecule has 1 saturated heterocycles. The lowest BCUT2D eigenvalue weighted by atomic mass is 9.99. The smallest absolute Gasteiger partial charge is 0.229 e. The highest BCUT2D eigenvalue weighted by molar-refractivity contribution is 5.93. The van der Waals surface area contributed by atoms with Crippen LogP contribution in [0.15, 0.2) is 30.6 Å². The van der Waals surface area contributed by atoms with Gasteiger partial charge < -0.3 is 10.6 Å². The molecule has 1 aliphatic rings. The number of pyridine rings is 2. The number of aromatic nitrogens is 5. The standard InChI is InChI=1S/C17H19N7O/c1-24-10-15(22-23-24)13-5-4-11-9-19-16(7-14(11)20-13)21-17(25)12-3-2-6-18-8-12/h4-5,7,9-10,12,18H,2-3,6,8H2,1H3,(H,19,21,25)/t12-/m1/s1. The van der Waals surface area contributed by atoms with Crippen molar-refractivity contribution in [3.63, 3.8) is 0 Å². The number of nitrogens with one attached hydrogen (secondary N) is 2. The van der Waals surface area contributed by atoms with E-state index in [2.05, 4.69) is 30.9 Å². The van der Waals surface area contributed by atoms with Gasteiger partial charge in [0, 0.05) is 31.2 Å². The van der Waals surface area contributed by atoms with E-state index in [0.717, 1.165) is 36.0 Å². The van der Waals surface area contributed by atoms with Crippen LogP contribution in [0.25, 0.3) is 22.3 Å². The Hall–Kier alpha value is -2.87. The Balaban J connectivity index is 1.59. The van der Waals surface area contributed by atoms with Crippen LogP contribution in [0.2, 0.25) is 0 Å². The normalized spacial score (nSPS) is 17.6. The monoisotopic (exact) mass is 337 g/mol. The first-order chi connectivity index (χ1) is 12.2. The molecule has 0 unspecified atom stereocenters. The van der Waals surface area contributed by atoms with E-state index in [-0.39, 0.29) is 11.8 Å². The largest absolute Gasteiger partial charge is 0.316 e. The molecule has 4 heterocycles. The molecule has 8 nitrogen and oxygen atoms in total. The maximum absolute atomic E-state index is 12.4. The zero-order valence-electron chi connectivity index (χ0n) is 13.9. The summed E-state index contributed by atoms with van der Waals surface area (Å²) >= 11 is 0. The zero-order valence-corrected chi connectivity index (χ0v) is 13.9. The molecule has 0 radical (unpaired) electrons. The molecular formula is C17H19N7O. The van der Waals surface area contributed by atoms with Crippen LogP contribution >= 0.6 is 0 Å². The summed E-state index contributed by atoms with van der Waals surface area (Å²) in [7, 11) is 1.81. The van der Waals surface area contributed by atoms with E-state index >= 15 is 0 Å². The van der Waals surface area contributed by atoms with Gasteiger partial charge in [-0.05, 0) is 31.5 Å². The Labute approximate surface area is 144 Å². The minimum absolute atomic E-state index is 0.00382. The lowest BCUT2D eigenvalue weighted by molar-refractivity contribution is -0.120. The van der Waals surface area contributed by atoms with E-state index in [4.69, 9.17) is 0 Å². The van der Waals surface area contributed by atoms with Crippen LogP contribution in [0.3, 0.4) is 0 Å². The number of nitrogens with zero attached hydrogens (tertiary/aromatic N) is 5. The molecule has 8 heteroatoms. The fraction of sp³-hybridized carbons (Fsp3) is 0.353. The van der Waals surface area contributed by atoms with Crippen molar-refractivity contribution in [2.45, 2.75) is 12.8 Å². The number of carbonyl (C=O) groups excluding carboxylic acids is 1. The molecule has 0 spiro atoms. The number of rotatable bonds is 3. The molecule has 1 fully saturated rings. The molecule has 3 aromatic heterocycles.